The average Bonchev–Trinajstić information content (AvgIpc) is 3.15. The van der Waals surface area contributed by atoms with Crippen molar-refractivity contribution in [2.45, 2.75) is 13.5 Å². The van der Waals surface area contributed by atoms with Crippen LogP contribution in [0.5, 0.6) is 5.75 Å². The highest BCUT2D eigenvalue weighted by atomic mass is 79.9. The van der Waals surface area contributed by atoms with Crippen LogP contribution in [0.15, 0.2) is 65.1 Å². The predicted octanol–water partition coefficient (Wildman–Crippen LogP) is 6.93. The highest BCUT2D eigenvalue weighted by molar-refractivity contribution is 9.10. The van der Waals surface area contributed by atoms with Crippen LogP contribution >= 0.6 is 27.5 Å². The molecule has 0 saturated heterocycles. The highest BCUT2D eigenvalue weighted by Crippen LogP contribution is 2.29. The van der Waals surface area contributed by atoms with Gasteiger partial charge < -0.3 is 9.72 Å². The van der Waals surface area contributed by atoms with E-state index in [1.165, 1.54) is 0 Å². The van der Waals surface area contributed by atoms with E-state index < -0.39 is 0 Å². The first-order valence-electron chi connectivity index (χ1n) is 9.28. The molecule has 0 spiro atoms. The van der Waals surface area contributed by atoms with Gasteiger partial charge in [-0.15, -0.1) is 0 Å². The maximum Gasteiger partial charge on any atom is 0.149 e. The topological polar surface area (TPSA) is 61.7 Å². The molecule has 0 aliphatic rings. The number of H-pyrrole nitrogens is 1. The van der Waals surface area contributed by atoms with Gasteiger partial charge in [0.15, 0.2) is 0 Å². The second-order valence-electron chi connectivity index (χ2n) is 6.85. The van der Waals surface area contributed by atoms with Gasteiger partial charge in [0.25, 0.3) is 0 Å². The number of imidazole rings is 1. The number of rotatable bonds is 5. The second-order valence-corrected chi connectivity index (χ2v) is 8.11. The van der Waals surface area contributed by atoms with E-state index >= 15 is 0 Å². The molecule has 0 saturated carbocycles. The summed E-state index contributed by atoms with van der Waals surface area (Å²) in [7, 11) is 0. The number of hydrogen-bond acceptors (Lipinski definition) is 3. The first-order valence-corrected chi connectivity index (χ1v) is 10.4. The molecule has 1 aromatic heterocycles. The lowest BCUT2D eigenvalue weighted by Gasteiger charge is -2.10. The average molecular weight is 479 g/mol. The third-order valence-electron chi connectivity index (χ3n) is 4.62. The number of ether oxygens (including phenoxy) is 1. The fourth-order valence-electron chi connectivity index (χ4n) is 3.07. The molecule has 0 unspecified atom stereocenters. The smallest absolute Gasteiger partial charge is 0.149 e. The van der Waals surface area contributed by atoms with Crippen molar-refractivity contribution in [1.82, 2.24) is 9.97 Å². The lowest BCUT2D eigenvalue weighted by Crippen LogP contribution is -1.97. The van der Waals surface area contributed by atoms with Crippen LogP contribution in [0.3, 0.4) is 0 Å². The van der Waals surface area contributed by atoms with Crippen molar-refractivity contribution in [3.05, 3.63) is 92.7 Å². The van der Waals surface area contributed by atoms with Gasteiger partial charge in [-0.2, -0.15) is 5.26 Å². The molecule has 0 fully saturated rings. The summed E-state index contributed by atoms with van der Waals surface area (Å²) < 4.78 is 6.68. The van der Waals surface area contributed by atoms with E-state index in [1.54, 1.807) is 6.08 Å². The van der Waals surface area contributed by atoms with Crippen LogP contribution in [0.1, 0.15) is 22.5 Å². The van der Waals surface area contributed by atoms with E-state index in [0.29, 0.717) is 28.8 Å². The number of nitrogens with one attached hydrogen (secondary N) is 1. The maximum absolute atomic E-state index is 9.65. The summed E-state index contributed by atoms with van der Waals surface area (Å²) in [5.41, 5.74) is 5.12. The normalized spacial score (nSPS) is 11.5. The lowest BCUT2D eigenvalue weighted by atomic mass is 10.1. The van der Waals surface area contributed by atoms with Crippen LogP contribution in [0, 0.1) is 18.3 Å². The number of aromatic amines is 1. The zero-order valence-corrected chi connectivity index (χ0v) is 18.5. The minimum absolute atomic E-state index is 0.370. The van der Waals surface area contributed by atoms with Crippen molar-refractivity contribution in [3.8, 4) is 11.8 Å². The van der Waals surface area contributed by atoms with E-state index in [-0.39, 0.29) is 0 Å². The predicted molar refractivity (Wildman–Crippen MR) is 124 cm³/mol. The molecule has 4 nitrogen and oxygen atoms in total. The summed E-state index contributed by atoms with van der Waals surface area (Å²) >= 11 is 9.74. The quantitative estimate of drug-likeness (QED) is 0.316. The van der Waals surface area contributed by atoms with Crippen molar-refractivity contribution in [3.63, 3.8) is 0 Å². The lowest BCUT2D eigenvalue weighted by molar-refractivity contribution is 0.304. The van der Waals surface area contributed by atoms with Crippen molar-refractivity contribution in [2.24, 2.45) is 0 Å². The van der Waals surface area contributed by atoms with Crippen molar-refractivity contribution in [1.29, 1.82) is 5.26 Å². The Morgan fingerprint density at radius 2 is 2.03 bits per heavy atom. The SMILES string of the molecule is Cc1ccc2nc(/C(C#N)=C\c3ccc(OCc4ccccc4Cl)c(Br)c3)[nH]c2c1. The maximum atomic E-state index is 9.65. The van der Waals surface area contributed by atoms with Gasteiger partial charge >= 0.3 is 0 Å². The fourth-order valence-corrected chi connectivity index (χ4v) is 3.77. The molecule has 6 heteroatoms. The number of nitrogens with zero attached hydrogens (tertiary/aromatic N) is 2. The Morgan fingerprint density at radius 1 is 1.20 bits per heavy atom. The van der Waals surface area contributed by atoms with Gasteiger partial charge in [0.2, 0.25) is 0 Å². The first-order chi connectivity index (χ1) is 14.5. The molecule has 1 heterocycles. The molecule has 1 N–H and O–H groups in total. The Kier molecular flexibility index (Phi) is 5.89. The van der Waals surface area contributed by atoms with Crippen LogP contribution in [0.2, 0.25) is 5.02 Å². The summed E-state index contributed by atoms with van der Waals surface area (Å²) in [6, 6.07) is 21.5. The summed E-state index contributed by atoms with van der Waals surface area (Å²) in [4.78, 5) is 7.76. The number of nitriles is 1. The van der Waals surface area contributed by atoms with Gasteiger partial charge in [-0.25, -0.2) is 4.98 Å². The molecule has 30 heavy (non-hydrogen) atoms. The van der Waals surface area contributed by atoms with Crippen LogP contribution in [-0.2, 0) is 6.61 Å². The van der Waals surface area contributed by atoms with Crippen LogP contribution in [0.25, 0.3) is 22.7 Å². The molecule has 0 atom stereocenters. The number of aryl methyl sites for hydroxylation is 1. The summed E-state index contributed by atoms with van der Waals surface area (Å²) in [5, 5.41) is 10.3. The molecule has 0 bridgehead atoms. The Balaban J connectivity index is 1.57. The number of aromatic nitrogens is 2. The molecule has 0 aliphatic heterocycles. The zero-order chi connectivity index (χ0) is 21.1. The van der Waals surface area contributed by atoms with Gasteiger partial charge in [0.1, 0.15) is 24.3 Å². The number of halogens is 2. The third-order valence-corrected chi connectivity index (χ3v) is 5.61. The van der Waals surface area contributed by atoms with Gasteiger partial charge in [-0.05, 0) is 70.4 Å². The Labute approximate surface area is 187 Å². The monoisotopic (exact) mass is 477 g/mol. The molecule has 4 aromatic rings. The highest BCUT2D eigenvalue weighted by Gasteiger charge is 2.10. The minimum Gasteiger partial charge on any atom is -0.488 e. The molecular weight excluding hydrogens is 462 g/mol. The molecule has 4 rings (SSSR count). The van der Waals surface area contributed by atoms with Crippen molar-refractivity contribution < 1.29 is 4.74 Å². The molecule has 0 aliphatic carbocycles. The van der Waals surface area contributed by atoms with Gasteiger partial charge in [0, 0.05) is 10.6 Å². The van der Waals surface area contributed by atoms with E-state index in [0.717, 1.165) is 32.2 Å². The summed E-state index contributed by atoms with van der Waals surface area (Å²) in [6.45, 7) is 2.39. The van der Waals surface area contributed by atoms with E-state index in [2.05, 4.69) is 32.0 Å². The van der Waals surface area contributed by atoms with Crippen molar-refractivity contribution in [2.75, 3.05) is 0 Å². The van der Waals surface area contributed by atoms with E-state index in [9.17, 15) is 5.26 Å². The first kappa shape index (κ1) is 20.2. The van der Waals surface area contributed by atoms with Gasteiger partial charge in [-0.3, -0.25) is 0 Å². The number of fused-ring (bicyclic) bond motifs is 1. The standard InChI is InChI=1S/C24H17BrClN3O/c1-15-6-8-21-22(10-15)29-24(28-21)18(13-27)11-16-7-9-23(19(25)12-16)30-14-17-4-2-3-5-20(17)26/h2-12H,14H2,1H3,(H,28,29)/b18-11-. The number of hydrogen-bond donors (Lipinski definition) is 1. The third kappa shape index (κ3) is 4.40. The molecule has 3 aromatic carbocycles. The Morgan fingerprint density at radius 3 is 2.80 bits per heavy atom. The van der Waals surface area contributed by atoms with Crippen LogP contribution in [0.4, 0.5) is 0 Å². The Bertz CT molecular complexity index is 1300. The zero-order valence-electron chi connectivity index (χ0n) is 16.1. The van der Waals surface area contributed by atoms with E-state index in [4.69, 9.17) is 16.3 Å². The molecule has 0 radical (unpaired) electrons. The van der Waals surface area contributed by atoms with E-state index in [1.807, 2.05) is 67.6 Å². The van der Waals surface area contributed by atoms with Gasteiger partial charge in [-0.1, -0.05) is 41.9 Å². The fraction of sp³-hybridized carbons (Fsp3) is 0.0833. The molecule has 148 valence electrons. The Hall–Kier alpha value is -3.07. The second kappa shape index (κ2) is 8.74. The minimum atomic E-state index is 0.370. The summed E-state index contributed by atoms with van der Waals surface area (Å²) in [5.74, 6) is 1.25. The van der Waals surface area contributed by atoms with Crippen LogP contribution < -0.4 is 4.74 Å². The van der Waals surface area contributed by atoms with Crippen LogP contribution in [-0.4, -0.2) is 9.97 Å². The van der Waals surface area contributed by atoms with Gasteiger partial charge in [0.05, 0.1) is 21.1 Å². The summed E-state index contributed by atoms with van der Waals surface area (Å²) in [6.07, 6.45) is 1.80. The molecular formula is C24H17BrClN3O. The number of benzene rings is 3. The van der Waals surface area contributed by atoms with Crippen molar-refractivity contribution >= 4 is 50.2 Å². The largest absolute Gasteiger partial charge is 0.488 e. The number of allylic oxidation sites excluding steroid dienone is 1. The molecule has 0 amide bonds.